The number of hydrogen-bond donors (Lipinski definition) is 1. The van der Waals surface area contributed by atoms with E-state index in [9.17, 15) is 14.7 Å². The third-order valence-electron chi connectivity index (χ3n) is 6.25. The number of nitrogens with zero attached hydrogens (tertiary/aromatic N) is 3. The lowest BCUT2D eigenvalue weighted by atomic mass is 9.73. The van der Waals surface area contributed by atoms with Crippen LogP contribution in [0.25, 0.3) is 0 Å². The van der Waals surface area contributed by atoms with Crippen molar-refractivity contribution < 1.29 is 19.4 Å². The summed E-state index contributed by atoms with van der Waals surface area (Å²) in [5, 5.41) is 10.1. The molecule has 2 aromatic rings. The molecule has 190 valence electrons. The van der Waals surface area contributed by atoms with E-state index < -0.39 is 11.7 Å². The van der Waals surface area contributed by atoms with E-state index in [4.69, 9.17) is 16.3 Å². The van der Waals surface area contributed by atoms with Gasteiger partial charge in [-0.05, 0) is 69.9 Å². The maximum atomic E-state index is 12.4. The second kappa shape index (κ2) is 11.8. The number of ether oxygens (including phenoxy) is 1. The van der Waals surface area contributed by atoms with Crippen LogP contribution < -0.4 is 0 Å². The first kappa shape index (κ1) is 26.8. The molecule has 0 unspecified atom stereocenters. The molecule has 2 heterocycles. The second-order valence-corrected chi connectivity index (χ2v) is 10.8. The zero-order chi connectivity index (χ0) is 25.5. The fourth-order valence-electron chi connectivity index (χ4n) is 4.31. The minimum absolute atomic E-state index is 0.122. The fourth-order valence-corrected chi connectivity index (χ4v) is 4.42. The Hall–Kier alpha value is -2.80. The molecule has 1 aromatic heterocycles. The summed E-state index contributed by atoms with van der Waals surface area (Å²) in [6.45, 7) is 7.13. The smallest absolute Gasteiger partial charge is 0.410 e. The van der Waals surface area contributed by atoms with E-state index in [1.54, 1.807) is 22.1 Å². The molecule has 1 aromatic carbocycles. The fraction of sp³-hybridized carbons (Fsp3) is 0.519. The predicted octanol–water partition coefficient (Wildman–Crippen LogP) is 6.12. The molecular weight excluding hydrogens is 466 g/mol. The molecule has 35 heavy (non-hydrogen) atoms. The quantitative estimate of drug-likeness (QED) is 0.499. The van der Waals surface area contributed by atoms with Crippen molar-refractivity contribution in [3.05, 3.63) is 65.4 Å². The summed E-state index contributed by atoms with van der Waals surface area (Å²) in [5.41, 5.74) is 0.253. The van der Waals surface area contributed by atoms with Gasteiger partial charge in [0.15, 0.2) is 0 Å². The Bertz CT molecular complexity index is 924. The summed E-state index contributed by atoms with van der Waals surface area (Å²) in [5.74, 6) is 0. The van der Waals surface area contributed by atoms with Crippen LogP contribution in [0, 0.1) is 5.41 Å². The summed E-state index contributed by atoms with van der Waals surface area (Å²) in [7, 11) is 0. The number of halogens is 1. The van der Waals surface area contributed by atoms with E-state index in [1.807, 2.05) is 63.2 Å². The normalized spacial score (nSPS) is 17.1. The Labute approximate surface area is 213 Å². The van der Waals surface area contributed by atoms with Crippen molar-refractivity contribution in [2.45, 2.75) is 64.5 Å². The number of benzene rings is 1. The topological polar surface area (TPSA) is 83.0 Å². The molecule has 0 spiro atoms. The van der Waals surface area contributed by atoms with Gasteiger partial charge < -0.3 is 19.6 Å². The Morgan fingerprint density at radius 3 is 2.11 bits per heavy atom. The summed E-state index contributed by atoms with van der Waals surface area (Å²) < 4.78 is 5.50. The molecule has 2 aliphatic rings. The number of piperidine rings is 1. The highest BCUT2D eigenvalue weighted by molar-refractivity contribution is 6.29. The van der Waals surface area contributed by atoms with Crippen molar-refractivity contribution in [3.8, 4) is 0 Å². The lowest BCUT2D eigenvalue weighted by molar-refractivity contribution is 0.00427. The molecule has 0 radical (unpaired) electrons. The number of carbonyl (C=O) groups is 2. The zero-order valence-electron chi connectivity index (χ0n) is 20.8. The van der Waals surface area contributed by atoms with E-state index in [1.165, 1.54) is 0 Å². The minimum atomic E-state index is -0.865. The standard InChI is InChI=1S/C21H30ClN3O4.C6H6/c1-20(2,3)29-19(28)24-10-8-21(9-11-24,12-15-4-7-17(22)23-13-15)14-25(18(26)27)16-5-6-16;1-2-4-6-5-3-1/h4,7,13,16H,5-6,8-12,14H2,1-3H3,(H,26,27);1-6H. The number of likely N-dealkylation sites (tertiary alicyclic amines) is 1. The van der Waals surface area contributed by atoms with Crippen LogP contribution in [0.15, 0.2) is 54.7 Å². The monoisotopic (exact) mass is 501 g/mol. The van der Waals surface area contributed by atoms with Crippen LogP contribution in [0.2, 0.25) is 5.15 Å². The number of rotatable bonds is 5. The van der Waals surface area contributed by atoms with Crippen molar-refractivity contribution in [3.63, 3.8) is 0 Å². The molecule has 4 rings (SSSR count). The van der Waals surface area contributed by atoms with Gasteiger partial charge in [-0.3, -0.25) is 0 Å². The Balaban J connectivity index is 0.000000497. The largest absolute Gasteiger partial charge is 0.465 e. The lowest BCUT2D eigenvalue weighted by Crippen LogP contribution is -2.51. The summed E-state index contributed by atoms with van der Waals surface area (Å²) in [6.07, 6.45) is 4.57. The molecule has 1 aliphatic heterocycles. The van der Waals surface area contributed by atoms with Crippen molar-refractivity contribution in [2.24, 2.45) is 5.41 Å². The number of hydrogen-bond acceptors (Lipinski definition) is 4. The first-order valence-electron chi connectivity index (χ1n) is 12.1. The van der Waals surface area contributed by atoms with Crippen molar-refractivity contribution in [2.75, 3.05) is 19.6 Å². The van der Waals surface area contributed by atoms with E-state index in [2.05, 4.69) is 4.98 Å². The minimum Gasteiger partial charge on any atom is -0.465 e. The van der Waals surface area contributed by atoms with Crippen LogP contribution in [0.5, 0.6) is 0 Å². The molecular formula is C27H36ClN3O4. The van der Waals surface area contributed by atoms with Gasteiger partial charge in [-0.25, -0.2) is 14.6 Å². The predicted molar refractivity (Wildman–Crippen MR) is 137 cm³/mol. The first-order chi connectivity index (χ1) is 16.6. The van der Waals surface area contributed by atoms with Crippen molar-refractivity contribution >= 4 is 23.8 Å². The molecule has 8 heteroatoms. The average molecular weight is 502 g/mol. The second-order valence-electron chi connectivity index (χ2n) is 10.4. The lowest BCUT2D eigenvalue weighted by Gasteiger charge is -2.44. The number of amides is 2. The number of aromatic nitrogens is 1. The highest BCUT2D eigenvalue weighted by atomic mass is 35.5. The molecule has 2 amide bonds. The van der Waals surface area contributed by atoms with Gasteiger partial charge in [0.25, 0.3) is 0 Å². The molecule has 1 aliphatic carbocycles. The van der Waals surface area contributed by atoms with Crippen LogP contribution in [0.3, 0.4) is 0 Å². The van der Waals surface area contributed by atoms with Crippen LogP contribution >= 0.6 is 11.6 Å². The van der Waals surface area contributed by atoms with Crippen molar-refractivity contribution in [1.82, 2.24) is 14.8 Å². The van der Waals surface area contributed by atoms with Crippen molar-refractivity contribution in [1.29, 1.82) is 0 Å². The van der Waals surface area contributed by atoms with Gasteiger partial charge in [0.2, 0.25) is 0 Å². The highest BCUT2D eigenvalue weighted by Crippen LogP contribution is 2.39. The average Bonchev–Trinajstić information content (AvgIpc) is 3.65. The Morgan fingerprint density at radius 1 is 1.11 bits per heavy atom. The van der Waals surface area contributed by atoms with Gasteiger partial charge in [-0.1, -0.05) is 54.1 Å². The van der Waals surface area contributed by atoms with Crippen LogP contribution in [-0.4, -0.2) is 63.4 Å². The third-order valence-corrected chi connectivity index (χ3v) is 6.47. The number of carbonyl (C=O) groups excluding carboxylic acids is 1. The summed E-state index contributed by atoms with van der Waals surface area (Å²) in [4.78, 5) is 31.8. The van der Waals surface area contributed by atoms with E-state index in [0.29, 0.717) is 44.0 Å². The molecule has 0 bridgehead atoms. The SMILES string of the molecule is CC(C)(C)OC(=O)N1CCC(Cc2ccc(Cl)nc2)(CN(C(=O)O)C2CC2)CC1.c1ccccc1. The van der Waals surface area contributed by atoms with Gasteiger partial charge in [0, 0.05) is 31.9 Å². The first-order valence-corrected chi connectivity index (χ1v) is 12.5. The Morgan fingerprint density at radius 2 is 1.69 bits per heavy atom. The zero-order valence-corrected chi connectivity index (χ0v) is 21.6. The number of pyridine rings is 1. The van der Waals surface area contributed by atoms with Gasteiger partial charge in [-0.2, -0.15) is 0 Å². The molecule has 1 saturated carbocycles. The van der Waals surface area contributed by atoms with Crippen LogP contribution in [-0.2, 0) is 11.2 Å². The molecule has 1 saturated heterocycles. The maximum Gasteiger partial charge on any atom is 0.410 e. The van der Waals surface area contributed by atoms with E-state index >= 15 is 0 Å². The molecule has 1 N–H and O–H groups in total. The Kier molecular flexibility index (Phi) is 9.00. The number of carboxylic acid groups (broad SMARTS) is 1. The van der Waals surface area contributed by atoms with E-state index in [-0.39, 0.29) is 17.6 Å². The summed E-state index contributed by atoms with van der Waals surface area (Å²) >= 11 is 5.92. The van der Waals surface area contributed by atoms with Crippen LogP contribution in [0.1, 0.15) is 52.0 Å². The van der Waals surface area contributed by atoms with Gasteiger partial charge in [0.1, 0.15) is 10.8 Å². The van der Waals surface area contributed by atoms with Gasteiger partial charge in [-0.15, -0.1) is 0 Å². The van der Waals surface area contributed by atoms with Gasteiger partial charge >= 0.3 is 12.2 Å². The third kappa shape index (κ3) is 8.73. The summed E-state index contributed by atoms with van der Waals surface area (Å²) in [6, 6.07) is 15.8. The molecule has 2 fully saturated rings. The highest BCUT2D eigenvalue weighted by Gasteiger charge is 2.43. The van der Waals surface area contributed by atoms with E-state index in [0.717, 1.165) is 18.4 Å². The van der Waals surface area contributed by atoms with Gasteiger partial charge in [0.05, 0.1) is 0 Å². The molecule has 0 atom stereocenters. The maximum absolute atomic E-state index is 12.4. The molecule has 7 nitrogen and oxygen atoms in total. The van der Waals surface area contributed by atoms with Crippen LogP contribution in [0.4, 0.5) is 9.59 Å².